The molecule has 0 aliphatic carbocycles. The van der Waals surface area contributed by atoms with Crippen LogP contribution in [-0.2, 0) is 0 Å². The molecular weight excluding hydrogens is 169 g/mol. The maximum Gasteiger partial charge on any atom is 0.167 e. The summed E-state index contributed by atoms with van der Waals surface area (Å²) in [7, 11) is 0. The summed E-state index contributed by atoms with van der Waals surface area (Å²) in [6, 6.07) is 1.36. The number of unbranched alkanes of at least 4 members (excludes halogenated alkanes) is 1. The van der Waals surface area contributed by atoms with E-state index >= 15 is 0 Å². The summed E-state index contributed by atoms with van der Waals surface area (Å²) in [5, 5.41) is 3.06. The van der Waals surface area contributed by atoms with E-state index in [9.17, 15) is 4.39 Å². The second-order valence-electron chi connectivity index (χ2n) is 2.87. The van der Waals surface area contributed by atoms with Gasteiger partial charge in [-0.2, -0.15) is 0 Å². The zero-order valence-electron chi connectivity index (χ0n) is 7.68. The van der Waals surface area contributed by atoms with Crippen LogP contribution in [0.3, 0.4) is 0 Å². The Morgan fingerprint density at radius 2 is 2.38 bits per heavy atom. The summed E-state index contributed by atoms with van der Waals surface area (Å²) in [6.45, 7) is 2.94. The van der Waals surface area contributed by atoms with E-state index in [2.05, 4.69) is 17.2 Å². The maximum atomic E-state index is 12.9. The number of nitrogens with two attached hydrogens (primary N) is 1. The molecular formula is C9H14FN3. The molecule has 0 unspecified atom stereocenters. The summed E-state index contributed by atoms with van der Waals surface area (Å²) >= 11 is 0. The van der Waals surface area contributed by atoms with Gasteiger partial charge in [0.1, 0.15) is 0 Å². The molecule has 0 aliphatic heterocycles. The number of halogens is 1. The number of nitrogen functional groups attached to an aromatic ring is 1. The molecule has 1 rings (SSSR count). The fourth-order valence-corrected chi connectivity index (χ4v) is 0.955. The van der Waals surface area contributed by atoms with Crippen molar-refractivity contribution in [3.05, 3.63) is 18.1 Å². The van der Waals surface area contributed by atoms with Crippen molar-refractivity contribution in [2.75, 3.05) is 17.6 Å². The Morgan fingerprint density at radius 1 is 1.62 bits per heavy atom. The van der Waals surface area contributed by atoms with E-state index in [-0.39, 0.29) is 5.82 Å². The highest BCUT2D eigenvalue weighted by Crippen LogP contribution is 2.12. The van der Waals surface area contributed by atoms with Gasteiger partial charge in [-0.1, -0.05) is 13.3 Å². The minimum absolute atomic E-state index is 0.0546. The monoisotopic (exact) mass is 183 g/mol. The Hall–Kier alpha value is -1.32. The molecule has 0 bridgehead atoms. The van der Waals surface area contributed by atoms with Crippen molar-refractivity contribution in [3.63, 3.8) is 0 Å². The first-order valence-electron chi connectivity index (χ1n) is 4.39. The van der Waals surface area contributed by atoms with Gasteiger partial charge in [0, 0.05) is 12.6 Å². The van der Waals surface area contributed by atoms with Crippen LogP contribution in [0.15, 0.2) is 12.3 Å². The number of anilines is 2. The van der Waals surface area contributed by atoms with Crippen LogP contribution in [0.4, 0.5) is 15.9 Å². The fraction of sp³-hybridized carbons (Fsp3) is 0.444. The molecule has 0 amide bonds. The number of aromatic nitrogens is 1. The van der Waals surface area contributed by atoms with Gasteiger partial charge in [-0.05, 0) is 6.42 Å². The van der Waals surface area contributed by atoms with Gasteiger partial charge >= 0.3 is 0 Å². The Bertz CT molecular complexity index is 276. The Morgan fingerprint density at radius 3 is 3.00 bits per heavy atom. The van der Waals surface area contributed by atoms with E-state index in [1.807, 2.05) is 0 Å². The molecule has 72 valence electrons. The molecule has 1 heterocycles. The number of hydrogen-bond donors (Lipinski definition) is 2. The second kappa shape index (κ2) is 4.64. The van der Waals surface area contributed by atoms with E-state index < -0.39 is 5.82 Å². The Labute approximate surface area is 77.2 Å². The van der Waals surface area contributed by atoms with Crippen LogP contribution in [0, 0.1) is 5.82 Å². The molecule has 1 aromatic heterocycles. The van der Waals surface area contributed by atoms with E-state index in [4.69, 9.17) is 5.73 Å². The summed E-state index contributed by atoms with van der Waals surface area (Å²) in [5.74, 6) is -0.525. The number of nitrogens with one attached hydrogen (secondary N) is 1. The van der Waals surface area contributed by atoms with Gasteiger partial charge in [-0.25, -0.2) is 9.37 Å². The van der Waals surface area contributed by atoms with Crippen LogP contribution in [0.1, 0.15) is 19.8 Å². The molecule has 0 spiro atoms. The predicted molar refractivity (Wildman–Crippen MR) is 52.0 cm³/mol. The van der Waals surface area contributed by atoms with Crippen LogP contribution in [-0.4, -0.2) is 11.5 Å². The van der Waals surface area contributed by atoms with E-state index in [1.165, 1.54) is 12.3 Å². The standard InChI is InChI=1S/C9H14FN3/c1-2-3-4-12-7-5-8(10)9(11)13-6-7/h5-6,12H,2-4H2,1H3,(H2,11,13). The molecule has 3 nitrogen and oxygen atoms in total. The zero-order valence-corrected chi connectivity index (χ0v) is 7.68. The van der Waals surface area contributed by atoms with Gasteiger partial charge in [-0.3, -0.25) is 0 Å². The third kappa shape index (κ3) is 2.89. The third-order valence-electron chi connectivity index (χ3n) is 1.73. The SMILES string of the molecule is CCCCNc1cnc(N)c(F)c1. The van der Waals surface area contributed by atoms with Gasteiger partial charge in [0.15, 0.2) is 11.6 Å². The molecule has 0 radical (unpaired) electrons. The highest BCUT2D eigenvalue weighted by atomic mass is 19.1. The normalized spacial score (nSPS) is 10.0. The predicted octanol–water partition coefficient (Wildman–Crippen LogP) is 2.01. The van der Waals surface area contributed by atoms with Crippen molar-refractivity contribution in [3.8, 4) is 0 Å². The summed E-state index contributed by atoms with van der Waals surface area (Å²) in [6.07, 6.45) is 3.71. The molecule has 0 aromatic carbocycles. The van der Waals surface area contributed by atoms with Gasteiger partial charge in [0.05, 0.1) is 11.9 Å². The van der Waals surface area contributed by atoms with Crippen molar-refractivity contribution in [2.45, 2.75) is 19.8 Å². The third-order valence-corrected chi connectivity index (χ3v) is 1.73. The molecule has 3 N–H and O–H groups in total. The van der Waals surface area contributed by atoms with Crippen molar-refractivity contribution >= 4 is 11.5 Å². The Kier molecular flexibility index (Phi) is 3.49. The lowest BCUT2D eigenvalue weighted by molar-refractivity contribution is 0.627. The molecule has 0 saturated heterocycles. The van der Waals surface area contributed by atoms with E-state index in [1.54, 1.807) is 0 Å². The lowest BCUT2D eigenvalue weighted by Gasteiger charge is -2.05. The molecule has 0 aliphatic rings. The smallest absolute Gasteiger partial charge is 0.167 e. The van der Waals surface area contributed by atoms with Crippen LogP contribution < -0.4 is 11.1 Å². The maximum absolute atomic E-state index is 12.9. The molecule has 0 saturated carbocycles. The van der Waals surface area contributed by atoms with Gasteiger partial charge in [-0.15, -0.1) is 0 Å². The first-order valence-corrected chi connectivity index (χ1v) is 4.39. The number of nitrogens with zero attached hydrogens (tertiary/aromatic N) is 1. The fourth-order valence-electron chi connectivity index (χ4n) is 0.955. The lowest BCUT2D eigenvalue weighted by atomic mass is 10.3. The lowest BCUT2D eigenvalue weighted by Crippen LogP contribution is -2.03. The van der Waals surface area contributed by atoms with Crippen molar-refractivity contribution < 1.29 is 4.39 Å². The largest absolute Gasteiger partial charge is 0.384 e. The van der Waals surface area contributed by atoms with Crippen LogP contribution >= 0.6 is 0 Å². The van der Waals surface area contributed by atoms with E-state index in [0.29, 0.717) is 5.69 Å². The second-order valence-corrected chi connectivity index (χ2v) is 2.87. The summed E-state index contributed by atoms with van der Waals surface area (Å²) < 4.78 is 12.9. The van der Waals surface area contributed by atoms with Crippen molar-refractivity contribution in [2.24, 2.45) is 0 Å². The zero-order chi connectivity index (χ0) is 9.68. The quantitative estimate of drug-likeness (QED) is 0.702. The van der Waals surface area contributed by atoms with Crippen molar-refractivity contribution in [1.82, 2.24) is 4.98 Å². The van der Waals surface area contributed by atoms with Crippen LogP contribution in [0.5, 0.6) is 0 Å². The highest BCUT2D eigenvalue weighted by Gasteiger charge is 1.99. The van der Waals surface area contributed by atoms with Crippen molar-refractivity contribution in [1.29, 1.82) is 0 Å². The average molecular weight is 183 g/mol. The molecule has 13 heavy (non-hydrogen) atoms. The number of rotatable bonds is 4. The molecule has 0 atom stereocenters. The Balaban J connectivity index is 2.53. The van der Waals surface area contributed by atoms with Gasteiger partial charge in [0.25, 0.3) is 0 Å². The number of pyridine rings is 1. The van der Waals surface area contributed by atoms with Gasteiger partial charge < -0.3 is 11.1 Å². The first-order chi connectivity index (χ1) is 6.24. The van der Waals surface area contributed by atoms with Gasteiger partial charge in [0.2, 0.25) is 0 Å². The molecule has 4 heteroatoms. The summed E-state index contributed by atoms with van der Waals surface area (Å²) in [4.78, 5) is 3.70. The van der Waals surface area contributed by atoms with Crippen LogP contribution in [0.25, 0.3) is 0 Å². The number of hydrogen-bond acceptors (Lipinski definition) is 3. The first kappa shape index (κ1) is 9.77. The summed E-state index contributed by atoms with van der Waals surface area (Å²) in [5.41, 5.74) is 5.91. The minimum Gasteiger partial charge on any atom is -0.384 e. The average Bonchev–Trinajstić information content (AvgIpc) is 2.12. The highest BCUT2D eigenvalue weighted by molar-refractivity contribution is 5.46. The topological polar surface area (TPSA) is 50.9 Å². The minimum atomic E-state index is -0.471. The molecule has 0 fully saturated rings. The molecule has 1 aromatic rings. The van der Waals surface area contributed by atoms with E-state index in [0.717, 1.165) is 19.4 Å². The van der Waals surface area contributed by atoms with Crippen LogP contribution in [0.2, 0.25) is 0 Å².